The highest BCUT2D eigenvalue weighted by Gasteiger charge is 2.39. The number of aromatic hydroxyl groups is 1. The van der Waals surface area contributed by atoms with Gasteiger partial charge in [0.2, 0.25) is 5.96 Å². The molecule has 11 aromatic rings. The Bertz CT molecular complexity index is 4830. The van der Waals surface area contributed by atoms with Crippen molar-refractivity contribution in [3.63, 3.8) is 0 Å². The monoisotopic (exact) mass is 1330 g/mol. The van der Waals surface area contributed by atoms with Crippen LogP contribution in [0.2, 0.25) is 0 Å². The fourth-order valence-corrected chi connectivity index (χ4v) is 11.2. The lowest BCUT2D eigenvalue weighted by Gasteiger charge is -2.35. The van der Waals surface area contributed by atoms with E-state index in [4.69, 9.17) is 30.8 Å². The molecule has 8 N–H and O–H groups in total. The quantitative estimate of drug-likeness (QED) is 0.0330. The van der Waals surface area contributed by atoms with Gasteiger partial charge in [-0.25, -0.2) is 49.1 Å². The maximum Gasteiger partial charge on any atom is 0.410 e. The van der Waals surface area contributed by atoms with E-state index in [9.17, 15) is 33.9 Å². The molecule has 0 fully saturated rings. The van der Waals surface area contributed by atoms with E-state index >= 15 is 0 Å². The highest BCUT2D eigenvalue weighted by Crippen LogP contribution is 2.31. The molecule has 504 valence electrons. The zero-order valence-electron chi connectivity index (χ0n) is 54.9. The van der Waals surface area contributed by atoms with Crippen molar-refractivity contribution in [2.75, 3.05) is 11.5 Å². The van der Waals surface area contributed by atoms with Gasteiger partial charge in [0.25, 0.3) is 17.8 Å². The molecule has 7 aromatic heterocycles. The average Bonchev–Trinajstić information content (AvgIpc) is 1.56. The summed E-state index contributed by atoms with van der Waals surface area (Å²) in [4.78, 5) is 114. The molecule has 13 rings (SSSR count). The third kappa shape index (κ3) is 14.6. The first-order chi connectivity index (χ1) is 46.8. The van der Waals surface area contributed by atoms with Gasteiger partial charge < -0.3 is 41.1 Å². The second-order valence-corrected chi connectivity index (χ2v) is 25.0. The molecule has 0 radical (unpaired) electrons. The number of amides is 4. The molecule has 30 nitrogen and oxygen atoms in total. The normalized spacial score (nSPS) is 14.2. The van der Waals surface area contributed by atoms with Crippen molar-refractivity contribution >= 4 is 52.8 Å². The van der Waals surface area contributed by atoms with Crippen LogP contribution in [-0.2, 0) is 48.7 Å². The number of hydrogen-bond acceptors (Lipinski definition) is 20. The summed E-state index contributed by atoms with van der Waals surface area (Å²) >= 11 is 0. The van der Waals surface area contributed by atoms with Crippen LogP contribution in [0, 0.1) is 5.41 Å². The van der Waals surface area contributed by atoms with Crippen molar-refractivity contribution < 1.29 is 38.2 Å². The Morgan fingerprint density at radius 2 is 1.08 bits per heavy atom. The first-order valence-corrected chi connectivity index (χ1v) is 31.1. The molecule has 0 spiro atoms. The minimum atomic E-state index is -0.722. The van der Waals surface area contributed by atoms with Gasteiger partial charge in [0.05, 0.1) is 65.0 Å². The smallest absolute Gasteiger partial charge is 0.410 e. The highest BCUT2D eigenvalue weighted by atomic mass is 16.6. The number of phenols is 1. The number of benzene rings is 4. The lowest BCUT2D eigenvalue weighted by molar-refractivity contribution is 0.00856. The van der Waals surface area contributed by atoms with E-state index in [-0.39, 0.29) is 80.2 Å². The predicted octanol–water partition coefficient (Wildman–Crippen LogP) is 7.75. The van der Waals surface area contributed by atoms with Crippen LogP contribution >= 0.6 is 0 Å². The Morgan fingerprint density at radius 3 is 1.51 bits per heavy atom. The highest BCUT2D eigenvalue weighted by molar-refractivity contribution is 5.96. The van der Waals surface area contributed by atoms with Gasteiger partial charge in [0, 0.05) is 74.5 Å². The fraction of sp³-hybridized carbons (Fsp3) is 0.265. The largest absolute Gasteiger partial charge is 0.506 e. The number of imidazole rings is 4. The van der Waals surface area contributed by atoms with Crippen LogP contribution in [0.3, 0.4) is 0 Å². The number of oxazole rings is 1. The number of hydrogen-bond donors (Lipinski definition) is 6. The van der Waals surface area contributed by atoms with Crippen LogP contribution in [-0.4, -0.2) is 130 Å². The van der Waals surface area contributed by atoms with Gasteiger partial charge in [-0.1, -0.05) is 48.5 Å². The number of ether oxygens (including phenoxy) is 2. The number of nitrogens with zero attached hydrogens (tertiary/aromatic N) is 15. The first-order valence-electron chi connectivity index (χ1n) is 31.1. The van der Waals surface area contributed by atoms with E-state index in [0.29, 0.717) is 51.2 Å². The van der Waals surface area contributed by atoms with E-state index in [2.05, 4.69) is 45.5 Å². The number of phenolic OH excluding ortho intramolecular Hbond substituents is 1. The Kier molecular flexibility index (Phi) is 19.0. The molecular formula is C68H72N20O10. The molecule has 0 saturated heterocycles. The SMILES string of the molecule is CC1Cn2c(c(C(=O)NCc3ccccc3-c3ccncn3)n(-c3ccc(O)c(N)c3)c2=O)CN1C(=O)OC(C)(C)C.CC1Cn2c(c(C(=O)NCc3ccccc3-c3ccncn3)n(-c3ccc4oc(N)nc4c3)c2=O)CN1C(=O)OC(C)(C)C.N=C(n1ccnc1)n1ccnc1. The van der Waals surface area contributed by atoms with E-state index in [1.54, 1.807) is 131 Å². The van der Waals surface area contributed by atoms with Gasteiger partial charge in [-0.15, -0.1) is 0 Å². The van der Waals surface area contributed by atoms with Gasteiger partial charge in [-0.3, -0.25) is 52.2 Å². The third-order valence-corrected chi connectivity index (χ3v) is 15.8. The molecule has 2 aliphatic rings. The van der Waals surface area contributed by atoms with Gasteiger partial charge in [-0.2, -0.15) is 4.98 Å². The molecule has 2 aliphatic heterocycles. The van der Waals surface area contributed by atoms with Crippen LogP contribution in [0.1, 0.15) is 98.9 Å². The molecule has 4 amide bonds. The van der Waals surface area contributed by atoms with Crippen molar-refractivity contribution in [1.29, 1.82) is 5.41 Å². The number of carbonyl (C=O) groups is 4. The number of rotatable bonds is 10. The van der Waals surface area contributed by atoms with Crippen molar-refractivity contribution in [3.05, 3.63) is 214 Å². The Morgan fingerprint density at radius 1 is 0.622 bits per heavy atom. The molecule has 2 atom stereocenters. The Hall–Kier alpha value is -12.5. The van der Waals surface area contributed by atoms with Crippen molar-refractivity contribution in [2.24, 2.45) is 0 Å². The van der Waals surface area contributed by atoms with Gasteiger partial charge in [-0.05, 0) is 115 Å². The summed E-state index contributed by atoms with van der Waals surface area (Å²) in [6.07, 6.45) is 15.0. The number of anilines is 2. The number of nitrogen functional groups attached to an aromatic ring is 2. The van der Waals surface area contributed by atoms with Crippen molar-refractivity contribution in [3.8, 4) is 39.6 Å². The van der Waals surface area contributed by atoms with Crippen LogP contribution in [0.4, 0.5) is 21.3 Å². The molecule has 0 saturated carbocycles. The van der Waals surface area contributed by atoms with Crippen molar-refractivity contribution in [2.45, 2.75) is 118 Å². The topological polar surface area (TPSA) is 380 Å². The van der Waals surface area contributed by atoms with E-state index in [0.717, 1.165) is 22.3 Å². The van der Waals surface area contributed by atoms with Crippen LogP contribution in [0.5, 0.6) is 5.75 Å². The summed E-state index contributed by atoms with van der Waals surface area (Å²) in [7, 11) is 0. The maximum absolute atomic E-state index is 14.1. The van der Waals surface area contributed by atoms with Gasteiger partial charge >= 0.3 is 23.6 Å². The number of carbonyl (C=O) groups excluding carboxylic acids is 4. The Labute approximate surface area is 560 Å². The number of aromatic nitrogens is 13. The van der Waals surface area contributed by atoms with E-state index in [1.165, 1.54) is 58.9 Å². The minimum absolute atomic E-state index is 0.00223. The third-order valence-electron chi connectivity index (χ3n) is 15.8. The summed E-state index contributed by atoms with van der Waals surface area (Å²) < 4.78 is 25.5. The molecule has 30 heteroatoms. The number of fused-ring (bicyclic) bond motifs is 3. The van der Waals surface area contributed by atoms with Crippen LogP contribution in [0.25, 0.3) is 45.0 Å². The summed E-state index contributed by atoms with van der Waals surface area (Å²) in [6.45, 7) is 15.0. The lowest BCUT2D eigenvalue weighted by Crippen LogP contribution is -2.48. The number of nitrogens with two attached hydrogens (primary N) is 2. The molecule has 0 bridgehead atoms. The second-order valence-electron chi connectivity index (χ2n) is 25.0. The summed E-state index contributed by atoms with van der Waals surface area (Å²) in [5.41, 5.74) is 16.7. The zero-order valence-corrected chi connectivity index (χ0v) is 54.9. The zero-order chi connectivity index (χ0) is 69.7. The van der Waals surface area contributed by atoms with Gasteiger partial charge in [0.15, 0.2) is 5.58 Å². The molecule has 2 unspecified atom stereocenters. The molecule has 4 aromatic carbocycles. The Balaban J connectivity index is 0.000000169. The summed E-state index contributed by atoms with van der Waals surface area (Å²) in [5.74, 6) is -0.853. The molecule has 9 heterocycles. The lowest BCUT2D eigenvalue weighted by atomic mass is 10.0. The first kappa shape index (κ1) is 66.9. The second kappa shape index (κ2) is 27.8. The molecule has 0 aliphatic carbocycles. The van der Waals surface area contributed by atoms with Crippen LogP contribution in [0.15, 0.2) is 174 Å². The van der Waals surface area contributed by atoms with Crippen molar-refractivity contribution in [1.82, 2.24) is 82.7 Å². The fourth-order valence-electron chi connectivity index (χ4n) is 11.2. The standard InChI is InChI=1S/C31H32N8O5.C30H33N7O5.C7H7N5/c1-18-15-38-24(16-37(18)30(42)44-31(2,3)4)26(39(29(38)41)20-9-10-25-23(13-20)36-28(32)43-25)27(40)34-14-19-7-5-6-8-21(19)22-11-12-33-17-35-22;1-18-15-36-24(16-35(18)29(41)42-30(2,3)4)26(37(28(36)40)20-9-10-25(38)22(31)13-20)27(39)33-14-19-7-5-6-8-21(19)23-11-12-32-17-34-23;8-7(11-3-1-9-5-11)12-4-2-10-6-12/h5-13,17-18H,14-16H2,1-4H3,(H2,32,36)(H,34,40);5-13,17-18,38H,14-16,31H2,1-4H3,(H,33,39);1-6,8H. The maximum atomic E-state index is 14.1. The number of nitrogens with one attached hydrogen (secondary N) is 3. The summed E-state index contributed by atoms with van der Waals surface area (Å²) in [5, 5.41) is 23.6. The minimum Gasteiger partial charge on any atom is -0.506 e. The average molecular weight is 1330 g/mol. The molecular weight excluding hydrogens is 1260 g/mol. The van der Waals surface area contributed by atoms with Gasteiger partial charge in [0.1, 0.15) is 59.2 Å². The van der Waals surface area contributed by atoms with E-state index in [1.807, 2.05) is 62.4 Å². The molecule has 98 heavy (non-hydrogen) atoms. The summed E-state index contributed by atoms with van der Waals surface area (Å²) in [6, 6.07) is 27.2. The van der Waals surface area contributed by atoms with E-state index < -0.39 is 46.6 Å². The van der Waals surface area contributed by atoms with Crippen LogP contribution < -0.4 is 33.5 Å². The predicted molar refractivity (Wildman–Crippen MR) is 361 cm³/mol.